The number of benzene rings is 1. The van der Waals surface area contributed by atoms with Gasteiger partial charge in [0.05, 0.1) is 12.1 Å². The van der Waals surface area contributed by atoms with Crippen molar-refractivity contribution in [2.45, 2.75) is 25.3 Å². The lowest BCUT2D eigenvalue weighted by atomic mass is 10.2. The molecular weight excluding hydrogens is 300 g/mol. The van der Waals surface area contributed by atoms with Crippen molar-refractivity contribution in [1.29, 1.82) is 0 Å². The van der Waals surface area contributed by atoms with Gasteiger partial charge in [0.2, 0.25) is 5.91 Å². The molecule has 0 saturated carbocycles. The molecule has 1 aromatic heterocycles. The Hall–Kier alpha value is -2.14. The first kappa shape index (κ1) is 15.4. The Morgan fingerprint density at radius 3 is 2.96 bits per heavy atom. The Kier molecular flexibility index (Phi) is 4.34. The molecule has 3 heterocycles. The third-order valence-corrected chi connectivity index (χ3v) is 5.06. The number of aromatic nitrogens is 1. The highest BCUT2D eigenvalue weighted by Crippen LogP contribution is 2.20. The lowest BCUT2D eigenvalue weighted by Crippen LogP contribution is -2.38. The topological polar surface area (TPSA) is 48.5 Å². The van der Waals surface area contributed by atoms with Crippen LogP contribution in [0, 0.1) is 0 Å². The SMILES string of the molecule is O=C(CN1CC[C@@H](Nc2ccc3ncccc3c2)C1)N1CCCC1. The molecule has 5 nitrogen and oxygen atoms in total. The highest BCUT2D eigenvalue weighted by atomic mass is 16.2. The minimum absolute atomic E-state index is 0.296. The Morgan fingerprint density at radius 1 is 1.21 bits per heavy atom. The average molecular weight is 324 g/mol. The summed E-state index contributed by atoms with van der Waals surface area (Å²) < 4.78 is 0. The molecule has 5 heteroatoms. The maximum Gasteiger partial charge on any atom is 0.236 e. The molecule has 0 spiro atoms. The first-order chi connectivity index (χ1) is 11.8. The number of fused-ring (bicyclic) bond motifs is 1. The molecule has 4 rings (SSSR count). The van der Waals surface area contributed by atoms with Gasteiger partial charge in [0.1, 0.15) is 0 Å². The second-order valence-corrected chi connectivity index (χ2v) is 6.86. The summed E-state index contributed by atoms with van der Waals surface area (Å²) in [6, 6.07) is 10.8. The molecule has 0 aliphatic carbocycles. The highest BCUT2D eigenvalue weighted by Gasteiger charge is 2.26. The van der Waals surface area contributed by atoms with E-state index in [4.69, 9.17) is 0 Å². The van der Waals surface area contributed by atoms with Gasteiger partial charge in [-0.2, -0.15) is 0 Å². The smallest absolute Gasteiger partial charge is 0.236 e. The van der Waals surface area contributed by atoms with Gasteiger partial charge in [-0.1, -0.05) is 6.07 Å². The number of hydrogen-bond acceptors (Lipinski definition) is 4. The van der Waals surface area contributed by atoms with E-state index in [1.807, 2.05) is 17.2 Å². The number of carbonyl (C=O) groups is 1. The molecule has 0 bridgehead atoms. The molecule has 126 valence electrons. The van der Waals surface area contributed by atoms with Gasteiger partial charge in [0, 0.05) is 49.5 Å². The van der Waals surface area contributed by atoms with Crippen LogP contribution in [0.15, 0.2) is 36.5 Å². The normalized spacial score (nSPS) is 21.5. The molecule has 1 atom stereocenters. The molecule has 2 fully saturated rings. The van der Waals surface area contributed by atoms with Crippen molar-refractivity contribution < 1.29 is 4.79 Å². The van der Waals surface area contributed by atoms with Crippen molar-refractivity contribution in [1.82, 2.24) is 14.8 Å². The minimum atomic E-state index is 0.296. The monoisotopic (exact) mass is 324 g/mol. The van der Waals surface area contributed by atoms with Gasteiger partial charge in [0.25, 0.3) is 0 Å². The maximum absolute atomic E-state index is 12.3. The van der Waals surface area contributed by atoms with E-state index in [2.05, 4.69) is 39.5 Å². The van der Waals surface area contributed by atoms with E-state index in [0.29, 0.717) is 18.5 Å². The van der Waals surface area contributed by atoms with Crippen molar-refractivity contribution >= 4 is 22.5 Å². The van der Waals surface area contributed by atoms with Gasteiger partial charge in [-0.05, 0) is 43.5 Å². The van der Waals surface area contributed by atoms with Gasteiger partial charge in [-0.15, -0.1) is 0 Å². The van der Waals surface area contributed by atoms with E-state index in [-0.39, 0.29) is 0 Å². The van der Waals surface area contributed by atoms with E-state index in [1.54, 1.807) is 0 Å². The number of rotatable bonds is 4. The van der Waals surface area contributed by atoms with E-state index in [1.165, 1.54) is 0 Å². The molecule has 2 aliphatic rings. The first-order valence-electron chi connectivity index (χ1n) is 8.89. The molecule has 1 aromatic carbocycles. The van der Waals surface area contributed by atoms with Crippen LogP contribution in [0.4, 0.5) is 5.69 Å². The average Bonchev–Trinajstić information content (AvgIpc) is 3.27. The predicted molar refractivity (Wildman–Crippen MR) is 96.0 cm³/mol. The molecule has 2 aliphatic heterocycles. The number of pyridine rings is 1. The van der Waals surface area contributed by atoms with Crippen LogP contribution in [0.25, 0.3) is 10.9 Å². The minimum Gasteiger partial charge on any atom is -0.381 e. The molecule has 2 saturated heterocycles. The fourth-order valence-corrected chi connectivity index (χ4v) is 3.75. The van der Waals surface area contributed by atoms with Gasteiger partial charge < -0.3 is 10.2 Å². The van der Waals surface area contributed by atoms with E-state index < -0.39 is 0 Å². The number of carbonyl (C=O) groups excluding carboxylic acids is 1. The van der Waals surface area contributed by atoms with Crippen LogP contribution in [0.3, 0.4) is 0 Å². The maximum atomic E-state index is 12.3. The summed E-state index contributed by atoms with van der Waals surface area (Å²) in [6.07, 6.45) is 5.22. The van der Waals surface area contributed by atoms with Gasteiger partial charge in [-0.3, -0.25) is 14.7 Å². The van der Waals surface area contributed by atoms with Crippen LogP contribution in [-0.4, -0.2) is 59.5 Å². The summed E-state index contributed by atoms with van der Waals surface area (Å²) in [5.41, 5.74) is 2.15. The zero-order valence-corrected chi connectivity index (χ0v) is 13.9. The van der Waals surface area contributed by atoms with Crippen LogP contribution in [0.1, 0.15) is 19.3 Å². The Labute approximate surface area is 142 Å². The van der Waals surface area contributed by atoms with Crippen molar-refractivity contribution in [2.75, 3.05) is 38.0 Å². The summed E-state index contributed by atoms with van der Waals surface area (Å²) in [7, 11) is 0. The fraction of sp³-hybridized carbons (Fsp3) is 0.474. The van der Waals surface area contributed by atoms with E-state index in [9.17, 15) is 4.79 Å². The second kappa shape index (κ2) is 6.77. The summed E-state index contributed by atoms with van der Waals surface area (Å²) in [4.78, 5) is 20.9. The molecule has 0 radical (unpaired) electrons. The number of nitrogens with one attached hydrogen (secondary N) is 1. The Bertz CT molecular complexity index is 726. The number of likely N-dealkylation sites (tertiary alicyclic amines) is 2. The van der Waals surface area contributed by atoms with Crippen LogP contribution >= 0.6 is 0 Å². The molecule has 1 N–H and O–H groups in total. The van der Waals surface area contributed by atoms with E-state index in [0.717, 1.165) is 62.0 Å². The molecule has 1 amide bonds. The zero-order valence-electron chi connectivity index (χ0n) is 13.9. The Morgan fingerprint density at radius 2 is 2.08 bits per heavy atom. The van der Waals surface area contributed by atoms with Crippen molar-refractivity contribution in [3.05, 3.63) is 36.5 Å². The van der Waals surface area contributed by atoms with Crippen molar-refractivity contribution in [3.63, 3.8) is 0 Å². The second-order valence-electron chi connectivity index (χ2n) is 6.86. The molecular formula is C19H24N4O. The summed E-state index contributed by atoms with van der Waals surface area (Å²) >= 11 is 0. The third-order valence-electron chi connectivity index (χ3n) is 5.06. The predicted octanol–water partition coefficient (Wildman–Crippen LogP) is 2.34. The molecule has 24 heavy (non-hydrogen) atoms. The lowest BCUT2D eigenvalue weighted by Gasteiger charge is -2.21. The number of hydrogen-bond donors (Lipinski definition) is 1. The van der Waals surface area contributed by atoms with Crippen LogP contribution < -0.4 is 5.32 Å². The third kappa shape index (κ3) is 3.36. The zero-order chi connectivity index (χ0) is 16.4. The van der Waals surface area contributed by atoms with Crippen molar-refractivity contribution in [2.24, 2.45) is 0 Å². The largest absolute Gasteiger partial charge is 0.381 e. The standard InChI is InChI=1S/C19H24N4O/c24-19(23-9-1-2-10-23)14-22-11-7-17(13-22)21-16-5-6-18-15(12-16)4-3-8-20-18/h3-6,8,12,17,21H,1-2,7,9-11,13-14H2/t17-/m1/s1. The lowest BCUT2D eigenvalue weighted by molar-refractivity contribution is -0.131. The quantitative estimate of drug-likeness (QED) is 0.938. The van der Waals surface area contributed by atoms with Gasteiger partial charge in [-0.25, -0.2) is 0 Å². The van der Waals surface area contributed by atoms with Gasteiger partial charge in [0.15, 0.2) is 0 Å². The fourth-order valence-electron chi connectivity index (χ4n) is 3.75. The highest BCUT2D eigenvalue weighted by molar-refractivity contribution is 5.82. The van der Waals surface area contributed by atoms with Crippen molar-refractivity contribution in [3.8, 4) is 0 Å². The van der Waals surface area contributed by atoms with Crippen LogP contribution in [0.2, 0.25) is 0 Å². The number of nitrogens with zero attached hydrogens (tertiary/aromatic N) is 3. The molecule has 2 aromatic rings. The summed E-state index contributed by atoms with van der Waals surface area (Å²) in [5, 5.41) is 4.77. The van der Waals surface area contributed by atoms with Crippen LogP contribution in [-0.2, 0) is 4.79 Å². The van der Waals surface area contributed by atoms with E-state index >= 15 is 0 Å². The summed E-state index contributed by atoms with van der Waals surface area (Å²) in [5.74, 6) is 0.296. The number of amides is 1. The number of anilines is 1. The first-order valence-corrected chi connectivity index (χ1v) is 8.89. The Balaban J connectivity index is 1.33. The van der Waals surface area contributed by atoms with Gasteiger partial charge >= 0.3 is 0 Å². The van der Waals surface area contributed by atoms with Crippen LogP contribution in [0.5, 0.6) is 0 Å². The summed E-state index contributed by atoms with van der Waals surface area (Å²) in [6.45, 7) is 4.38. The molecule has 0 unspecified atom stereocenters.